The highest BCUT2D eigenvalue weighted by Gasteiger charge is 2.41. The molecule has 4 nitrogen and oxygen atoms in total. The van der Waals surface area contributed by atoms with E-state index in [9.17, 15) is 0 Å². The first-order valence-electron chi connectivity index (χ1n) is 9.03. The van der Waals surface area contributed by atoms with Gasteiger partial charge in [-0.05, 0) is 56.3 Å². The minimum atomic E-state index is 0.580. The number of rotatable bonds is 1. The Labute approximate surface area is 137 Å². The van der Waals surface area contributed by atoms with Crippen molar-refractivity contribution in [1.29, 1.82) is 0 Å². The quantitative estimate of drug-likeness (QED) is 0.877. The van der Waals surface area contributed by atoms with Crippen LogP contribution in [0.5, 0.6) is 5.75 Å². The molecule has 3 aliphatic rings. The Balaban J connectivity index is 1.56. The highest BCUT2D eigenvalue weighted by Crippen LogP contribution is 2.42. The van der Waals surface area contributed by atoms with Gasteiger partial charge >= 0.3 is 0 Å². The SMILES string of the molecule is COc1ccc2c3c([nH]c2c1)[C@@H]1CCN2CCCC[C@@H]2N1CC3. The van der Waals surface area contributed by atoms with Crippen LogP contribution >= 0.6 is 0 Å². The Morgan fingerprint density at radius 1 is 1.13 bits per heavy atom. The van der Waals surface area contributed by atoms with Crippen molar-refractivity contribution in [2.45, 2.75) is 44.3 Å². The fourth-order valence-corrected chi connectivity index (χ4v) is 5.06. The van der Waals surface area contributed by atoms with Gasteiger partial charge < -0.3 is 9.72 Å². The Morgan fingerprint density at radius 2 is 2.09 bits per heavy atom. The first kappa shape index (κ1) is 13.9. The lowest BCUT2D eigenvalue weighted by atomic mass is 9.90. The van der Waals surface area contributed by atoms with Crippen LogP contribution in [0.2, 0.25) is 0 Å². The molecule has 4 heteroatoms. The summed E-state index contributed by atoms with van der Waals surface area (Å²) in [6, 6.07) is 7.05. The van der Waals surface area contributed by atoms with Crippen LogP contribution in [0.4, 0.5) is 0 Å². The third-order valence-electron chi connectivity index (χ3n) is 6.15. The number of hydrogen-bond acceptors (Lipinski definition) is 3. The summed E-state index contributed by atoms with van der Waals surface area (Å²) in [5, 5.41) is 1.39. The molecule has 1 N–H and O–H groups in total. The Bertz CT molecular complexity index is 738. The van der Waals surface area contributed by atoms with E-state index in [-0.39, 0.29) is 0 Å². The standard InChI is InChI=1S/C19H25N3O/c1-23-13-5-6-14-15-7-11-22-17(19(15)20-16(14)12-13)8-10-21-9-3-2-4-18(21)22/h5-6,12,17-18,20H,2-4,7-11H2,1H3/t17-,18-/m0/s1. The maximum Gasteiger partial charge on any atom is 0.120 e. The van der Waals surface area contributed by atoms with Crippen molar-refractivity contribution in [3.05, 3.63) is 29.5 Å². The monoisotopic (exact) mass is 311 g/mol. The molecule has 0 aliphatic carbocycles. The van der Waals surface area contributed by atoms with Crippen LogP contribution in [0.15, 0.2) is 18.2 Å². The number of piperidine rings is 1. The minimum absolute atomic E-state index is 0.580. The van der Waals surface area contributed by atoms with Crippen LogP contribution < -0.4 is 4.74 Å². The van der Waals surface area contributed by atoms with Crippen molar-refractivity contribution in [3.63, 3.8) is 0 Å². The summed E-state index contributed by atoms with van der Waals surface area (Å²) in [6.07, 6.45) is 7.22. The zero-order valence-electron chi connectivity index (χ0n) is 13.8. The van der Waals surface area contributed by atoms with Gasteiger partial charge in [-0.1, -0.05) is 0 Å². The zero-order valence-corrected chi connectivity index (χ0v) is 13.8. The zero-order chi connectivity index (χ0) is 15.4. The van der Waals surface area contributed by atoms with Crippen LogP contribution in [0.1, 0.15) is 43.0 Å². The van der Waals surface area contributed by atoms with Gasteiger partial charge in [-0.25, -0.2) is 0 Å². The maximum absolute atomic E-state index is 5.39. The van der Waals surface area contributed by atoms with Gasteiger partial charge in [0.05, 0.1) is 19.3 Å². The van der Waals surface area contributed by atoms with Crippen LogP contribution in [-0.4, -0.2) is 47.7 Å². The maximum atomic E-state index is 5.39. The van der Waals surface area contributed by atoms with E-state index in [2.05, 4.69) is 33.0 Å². The number of aromatic nitrogens is 1. The lowest BCUT2D eigenvalue weighted by Gasteiger charge is -2.52. The number of methoxy groups -OCH3 is 1. The lowest BCUT2D eigenvalue weighted by molar-refractivity contribution is -0.0599. The van der Waals surface area contributed by atoms with Crippen LogP contribution in [0, 0.1) is 0 Å². The average molecular weight is 311 g/mol. The van der Waals surface area contributed by atoms with Crippen molar-refractivity contribution in [3.8, 4) is 5.75 Å². The molecule has 2 atom stereocenters. The number of nitrogens with one attached hydrogen (secondary N) is 1. The number of hydrogen-bond donors (Lipinski definition) is 1. The smallest absolute Gasteiger partial charge is 0.120 e. The molecule has 2 saturated heterocycles. The van der Waals surface area contributed by atoms with Gasteiger partial charge in [-0.15, -0.1) is 0 Å². The van der Waals surface area contributed by atoms with Gasteiger partial charge in [-0.2, -0.15) is 0 Å². The molecule has 5 rings (SSSR count). The lowest BCUT2D eigenvalue weighted by Crippen LogP contribution is -2.58. The van der Waals surface area contributed by atoms with E-state index >= 15 is 0 Å². The second-order valence-corrected chi connectivity index (χ2v) is 7.23. The number of aromatic amines is 1. The summed E-state index contributed by atoms with van der Waals surface area (Å²) in [5.74, 6) is 0.940. The van der Waals surface area contributed by atoms with E-state index in [1.165, 1.54) is 68.3 Å². The van der Waals surface area contributed by atoms with E-state index in [1.54, 1.807) is 12.7 Å². The summed E-state index contributed by atoms with van der Waals surface area (Å²) in [4.78, 5) is 9.24. The molecule has 0 saturated carbocycles. The number of fused-ring (bicyclic) bond motifs is 7. The van der Waals surface area contributed by atoms with Gasteiger partial charge in [0.15, 0.2) is 0 Å². The van der Waals surface area contributed by atoms with E-state index in [0.717, 1.165) is 5.75 Å². The van der Waals surface area contributed by atoms with Gasteiger partial charge in [0.2, 0.25) is 0 Å². The van der Waals surface area contributed by atoms with Crippen LogP contribution in [-0.2, 0) is 6.42 Å². The first-order valence-corrected chi connectivity index (χ1v) is 9.03. The van der Waals surface area contributed by atoms with Gasteiger partial charge in [0.25, 0.3) is 0 Å². The third-order valence-corrected chi connectivity index (χ3v) is 6.15. The molecule has 1 aromatic carbocycles. The average Bonchev–Trinajstić information content (AvgIpc) is 2.99. The summed E-state index contributed by atoms with van der Waals surface area (Å²) in [7, 11) is 1.74. The van der Waals surface area contributed by atoms with Crippen molar-refractivity contribution >= 4 is 10.9 Å². The third kappa shape index (κ3) is 2.05. The van der Waals surface area contributed by atoms with Crippen molar-refractivity contribution < 1.29 is 4.74 Å². The molecule has 23 heavy (non-hydrogen) atoms. The molecular weight excluding hydrogens is 286 g/mol. The highest BCUT2D eigenvalue weighted by molar-refractivity contribution is 5.86. The second kappa shape index (κ2) is 5.25. The predicted molar refractivity (Wildman–Crippen MR) is 91.8 cm³/mol. The fraction of sp³-hybridized carbons (Fsp3) is 0.579. The molecule has 0 radical (unpaired) electrons. The van der Waals surface area contributed by atoms with Gasteiger partial charge in [0, 0.05) is 35.8 Å². The molecule has 2 aromatic rings. The molecule has 0 amide bonds. The molecule has 3 aliphatic heterocycles. The van der Waals surface area contributed by atoms with Crippen molar-refractivity contribution in [2.75, 3.05) is 26.7 Å². The number of H-pyrrole nitrogens is 1. The van der Waals surface area contributed by atoms with E-state index in [0.29, 0.717) is 12.2 Å². The number of benzene rings is 1. The Morgan fingerprint density at radius 3 is 3.00 bits per heavy atom. The number of nitrogens with zero attached hydrogens (tertiary/aromatic N) is 2. The molecule has 1 aromatic heterocycles. The van der Waals surface area contributed by atoms with E-state index in [1.807, 2.05) is 0 Å². The topological polar surface area (TPSA) is 31.5 Å². The first-order chi connectivity index (χ1) is 11.3. The van der Waals surface area contributed by atoms with Crippen molar-refractivity contribution in [1.82, 2.24) is 14.8 Å². The predicted octanol–water partition coefficient (Wildman–Crippen LogP) is 3.29. The normalized spacial score (nSPS) is 28.2. The minimum Gasteiger partial charge on any atom is -0.497 e. The summed E-state index contributed by atoms with van der Waals surface area (Å²) < 4.78 is 5.39. The Hall–Kier alpha value is -1.52. The Kier molecular flexibility index (Phi) is 3.17. The molecule has 2 fully saturated rings. The summed E-state index contributed by atoms with van der Waals surface area (Å²) in [5.41, 5.74) is 4.26. The second-order valence-electron chi connectivity index (χ2n) is 7.23. The van der Waals surface area contributed by atoms with E-state index in [4.69, 9.17) is 4.74 Å². The van der Waals surface area contributed by atoms with Gasteiger partial charge in [-0.3, -0.25) is 9.80 Å². The van der Waals surface area contributed by atoms with Crippen molar-refractivity contribution in [2.24, 2.45) is 0 Å². The molecule has 122 valence electrons. The van der Waals surface area contributed by atoms with Crippen LogP contribution in [0.3, 0.4) is 0 Å². The molecule has 0 bridgehead atoms. The molecule has 4 heterocycles. The van der Waals surface area contributed by atoms with E-state index < -0.39 is 0 Å². The van der Waals surface area contributed by atoms with Gasteiger partial charge in [0.1, 0.15) is 5.75 Å². The fourth-order valence-electron chi connectivity index (χ4n) is 5.06. The van der Waals surface area contributed by atoms with Crippen LogP contribution in [0.25, 0.3) is 10.9 Å². The highest BCUT2D eigenvalue weighted by atomic mass is 16.5. The summed E-state index contributed by atoms with van der Waals surface area (Å²) >= 11 is 0. The summed E-state index contributed by atoms with van der Waals surface area (Å²) in [6.45, 7) is 3.76. The molecule has 0 unspecified atom stereocenters. The largest absolute Gasteiger partial charge is 0.497 e. The molecular formula is C19H25N3O. The number of ether oxygens (including phenoxy) is 1. The molecule has 0 spiro atoms.